The number of hydrogen-bond donors (Lipinski definition) is 1. The normalized spacial score (nSPS) is 17.6. The highest BCUT2D eigenvalue weighted by Gasteiger charge is 2.26. The van der Waals surface area contributed by atoms with Crippen LogP contribution in [0.25, 0.3) is 11.1 Å². The number of tetrazole rings is 1. The number of likely N-dealkylation sites (tertiary alicyclic amines) is 1. The highest BCUT2D eigenvalue weighted by atomic mass is 16.3. The maximum Gasteiger partial charge on any atom is 0.165 e. The lowest BCUT2D eigenvalue weighted by atomic mass is 9.91. The summed E-state index contributed by atoms with van der Waals surface area (Å²) in [7, 11) is 0. The van der Waals surface area contributed by atoms with Crippen molar-refractivity contribution in [3.05, 3.63) is 66.4 Å². The summed E-state index contributed by atoms with van der Waals surface area (Å²) in [6.07, 6.45) is 9.47. The molecule has 0 aromatic carbocycles. The lowest BCUT2D eigenvalue weighted by Crippen LogP contribution is -2.35. The molecule has 148 valence electrons. The molecule has 0 radical (unpaired) electrons. The van der Waals surface area contributed by atoms with Crippen LogP contribution in [-0.2, 0) is 13.1 Å². The number of rotatable bonds is 6. The van der Waals surface area contributed by atoms with Crippen LogP contribution < -0.4 is 0 Å². The van der Waals surface area contributed by atoms with Gasteiger partial charge in [-0.15, -0.1) is 5.10 Å². The Balaban J connectivity index is 1.30. The number of hydrogen-bond acceptors (Lipinski definition) is 7. The minimum absolute atomic E-state index is 0.392. The quantitative estimate of drug-likeness (QED) is 0.540. The summed E-state index contributed by atoms with van der Waals surface area (Å²) in [4.78, 5) is 6.53. The topological polar surface area (TPSA) is 102 Å². The summed E-state index contributed by atoms with van der Waals surface area (Å²) < 4.78 is 7.23. The van der Waals surface area contributed by atoms with E-state index in [1.807, 2.05) is 42.9 Å². The SMILES string of the molecule is c1coc(Cn2nnnc2CN2CCC[C@H](c3[nH]ncc3-c3ccncc3)C2)c1. The molecule has 0 saturated carbocycles. The van der Waals surface area contributed by atoms with Crippen molar-refractivity contribution in [1.82, 2.24) is 40.3 Å². The van der Waals surface area contributed by atoms with Crippen LogP contribution in [0, 0.1) is 0 Å². The Bertz CT molecular complexity index is 1040. The van der Waals surface area contributed by atoms with E-state index in [1.165, 1.54) is 5.69 Å². The number of nitrogens with zero attached hydrogens (tertiary/aromatic N) is 7. The first kappa shape index (κ1) is 17.7. The molecule has 9 heteroatoms. The predicted molar refractivity (Wildman–Crippen MR) is 105 cm³/mol. The number of aromatic amines is 1. The number of aromatic nitrogens is 7. The fourth-order valence-corrected chi connectivity index (χ4v) is 4.01. The third-order valence-corrected chi connectivity index (χ3v) is 5.43. The molecule has 1 saturated heterocycles. The van der Waals surface area contributed by atoms with Crippen LogP contribution in [-0.4, -0.2) is 53.4 Å². The van der Waals surface area contributed by atoms with Crippen LogP contribution >= 0.6 is 0 Å². The van der Waals surface area contributed by atoms with Crippen LogP contribution in [0.4, 0.5) is 0 Å². The molecule has 4 aromatic rings. The minimum atomic E-state index is 0.392. The minimum Gasteiger partial charge on any atom is -0.467 e. The average Bonchev–Trinajstić information content (AvgIpc) is 3.52. The van der Waals surface area contributed by atoms with Crippen LogP contribution in [0.1, 0.15) is 36.0 Å². The Labute approximate surface area is 167 Å². The first-order valence-electron chi connectivity index (χ1n) is 9.80. The van der Waals surface area contributed by atoms with Crippen LogP contribution in [0.2, 0.25) is 0 Å². The molecule has 0 amide bonds. The molecule has 1 aliphatic heterocycles. The Hall–Kier alpha value is -3.33. The van der Waals surface area contributed by atoms with Gasteiger partial charge in [0.15, 0.2) is 5.82 Å². The van der Waals surface area contributed by atoms with Crippen molar-refractivity contribution in [3.8, 4) is 11.1 Å². The molecule has 0 bridgehead atoms. The van der Waals surface area contributed by atoms with E-state index in [0.29, 0.717) is 19.0 Å². The van der Waals surface area contributed by atoms with E-state index in [9.17, 15) is 0 Å². The second-order valence-electron chi connectivity index (χ2n) is 7.34. The van der Waals surface area contributed by atoms with E-state index in [1.54, 1.807) is 10.9 Å². The molecule has 1 atom stereocenters. The zero-order chi connectivity index (χ0) is 19.5. The summed E-state index contributed by atoms with van der Waals surface area (Å²) in [5.74, 6) is 2.08. The van der Waals surface area contributed by atoms with Gasteiger partial charge in [0.2, 0.25) is 0 Å². The number of nitrogens with one attached hydrogen (secondary N) is 1. The van der Waals surface area contributed by atoms with Gasteiger partial charge in [-0.1, -0.05) is 0 Å². The molecular weight excluding hydrogens is 368 g/mol. The van der Waals surface area contributed by atoms with Gasteiger partial charge in [0.05, 0.1) is 19.0 Å². The van der Waals surface area contributed by atoms with Crippen molar-refractivity contribution >= 4 is 0 Å². The van der Waals surface area contributed by atoms with Crippen molar-refractivity contribution in [2.75, 3.05) is 13.1 Å². The van der Waals surface area contributed by atoms with Crippen LogP contribution in [0.15, 0.2) is 53.5 Å². The molecule has 29 heavy (non-hydrogen) atoms. The van der Waals surface area contributed by atoms with Gasteiger partial charge in [0.1, 0.15) is 12.3 Å². The van der Waals surface area contributed by atoms with E-state index in [0.717, 1.165) is 48.6 Å². The summed E-state index contributed by atoms with van der Waals surface area (Å²) in [5, 5.41) is 19.8. The third-order valence-electron chi connectivity index (χ3n) is 5.43. The number of pyridine rings is 1. The number of piperidine rings is 1. The molecule has 4 aromatic heterocycles. The van der Waals surface area contributed by atoms with E-state index < -0.39 is 0 Å². The summed E-state index contributed by atoms with van der Waals surface area (Å²) >= 11 is 0. The van der Waals surface area contributed by atoms with Gasteiger partial charge in [-0.2, -0.15) is 5.10 Å². The molecule has 1 N–H and O–H groups in total. The smallest absolute Gasteiger partial charge is 0.165 e. The molecule has 1 fully saturated rings. The molecule has 9 nitrogen and oxygen atoms in total. The maximum absolute atomic E-state index is 5.43. The molecule has 0 spiro atoms. The Kier molecular flexibility index (Phi) is 4.87. The Morgan fingerprint density at radius 2 is 2.10 bits per heavy atom. The largest absolute Gasteiger partial charge is 0.467 e. The zero-order valence-corrected chi connectivity index (χ0v) is 16.0. The summed E-state index contributed by atoms with van der Waals surface area (Å²) in [5.41, 5.74) is 3.49. The number of H-pyrrole nitrogens is 1. The van der Waals surface area contributed by atoms with Crippen LogP contribution in [0.5, 0.6) is 0 Å². The fraction of sp³-hybridized carbons (Fsp3) is 0.350. The molecule has 0 aliphatic carbocycles. The second-order valence-corrected chi connectivity index (χ2v) is 7.34. The van der Waals surface area contributed by atoms with E-state index in [2.05, 4.69) is 35.6 Å². The van der Waals surface area contributed by atoms with Gasteiger partial charge in [0.25, 0.3) is 0 Å². The highest BCUT2D eigenvalue weighted by Crippen LogP contribution is 2.33. The Morgan fingerprint density at radius 3 is 2.97 bits per heavy atom. The maximum atomic E-state index is 5.43. The average molecular weight is 390 g/mol. The summed E-state index contributed by atoms with van der Waals surface area (Å²) in [6.45, 7) is 3.22. The standard InChI is InChI=1S/C20H22N8O/c1-3-16(20-18(11-22-24-20)15-5-7-21-8-6-15)12-27(9-1)14-19-23-25-26-28(19)13-17-4-2-10-29-17/h2,4-8,10-11,16H,1,3,9,12-14H2,(H,22,24)/t16-/m0/s1. The van der Waals surface area contributed by atoms with E-state index in [-0.39, 0.29) is 0 Å². The third kappa shape index (κ3) is 3.81. The number of furan rings is 1. The van der Waals surface area contributed by atoms with Crippen molar-refractivity contribution in [3.63, 3.8) is 0 Å². The van der Waals surface area contributed by atoms with Gasteiger partial charge < -0.3 is 4.42 Å². The predicted octanol–water partition coefficient (Wildman–Crippen LogP) is 2.48. The molecular formula is C20H22N8O. The van der Waals surface area contributed by atoms with Crippen molar-refractivity contribution in [1.29, 1.82) is 0 Å². The van der Waals surface area contributed by atoms with Crippen LogP contribution in [0.3, 0.4) is 0 Å². The van der Waals surface area contributed by atoms with Gasteiger partial charge in [-0.05, 0) is 59.6 Å². The van der Waals surface area contributed by atoms with E-state index >= 15 is 0 Å². The lowest BCUT2D eigenvalue weighted by Gasteiger charge is -2.32. The fourth-order valence-electron chi connectivity index (χ4n) is 4.01. The lowest BCUT2D eigenvalue weighted by molar-refractivity contribution is 0.191. The summed E-state index contributed by atoms with van der Waals surface area (Å²) in [6, 6.07) is 7.86. The van der Waals surface area contributed by atoms with Gasteiger partial charge in [-0.3, -0.25) is 15.0 Å². The molecule has 5 heterocycles. The van der Waals surface area contributed by atoms with Gasteiger partial charge >= 0.3 is 0 Å². The monoisotopic (exact) mass is 390 g/mol. The van der Waals surface area contributed by atoms with Crippen molar-refractivity contribution in [2.24, 2.45) is 0 Å². The highest BCUT2D eigenvalue weighted by molar-refractivity contribution is 5.65. The van der Waals surface area contributed by atoms with Gasteiger partial charge in [-0.25, -0.2) is 4.68 Å². The van der Waals surface area contributed by atoms with E-state index in [4.69, 9.17) is 4.42 Å². The second kappa shape index (κ2) is 7.96. The zero-order valence-electron chi connectivity index (χ0n) is 16.0. The molecule has 1 aliphatic rings. The van der Waals surface area contributed by atoms with Crippen molar-refractivity contribution < 1.29 is 4.42 Å². The Morgan fingerprint density at radius 1 is 1.17 bits per heavy atom. The first-order chi connectivity index (χ1) is 14.4. The molecule has 5 rings (SSSR count). The van der Waals surface area contributed by atoms with Crippen molar-refractivity contribution in [2.45, 2.75) is 31.8 Å². The molecule has 0 unspecified atom stereocenters. The van der Waals surface area contributed by atoms with Gasteiger partial charge in [0, 0.05) is 36.1 Å². The first-order valence-corrected chi connectivity index (χ1v) is 9.80.